The van der Waals surface area contributed by atoms with Crippen LogP contribution in [0.3, 0.4) is 0 Å². The Labute approximate surface area is 157 Å². The third-order valence-electron chi connectivity index (χ3n) is 4.24. The topological polar surface area (TPSA) is 93.5 Å². The molecule has 1 aromatic carbocycles. The SMILES string of the molecule is O=C(C[C@H]1COCCN1S(=O)(=O)c1ccccc1F)NCCn1cccn1. The van der Waals surface area contributed by atoms with Gasteiger partial charge in [0, 0.05) is 31.9 Å². The van der Waals surface area contributed by atoms with Crippen molar-refractivity contribution in [3.8, 4) is 0 Å². The molecule has 0 spiro atoms. The molecule has 3 rings (SSSR count). The first-order valence-corrected chi connectivity index (χ1v) is 10.0. The van der Waals surface area contributed by atoms with Crippen LogP contribution < -0.4 is 5.32 Å². The van der Waals surface area contributed by atoms with Crippen LogP contribution in [0.25, 0.3) is 0 Å². The van der Waals surface area contributed by atoms with Crippen molar-refractivity contribution in [3.63, 3.8) is 0 Å². The molecule has 0 aliphatic carbocycles. The minimum absolute atomic E-state index is 0.0627. The van der Waals surface area contributed by atoms with Crippen molar-refractivity contribution < 1.29 is 22.3 Å². The van der Waals surface area contributed by atoms with Crippen LogP contribution in [0.5, 0.6) is 0 Å². The molecule has 10 heteroatoms. The van der Waals surface area contributed by atoms with Crippen LogP contribution in [0.2, 0.25) is 0 Å². The lowest BCUT2D eigenvalue weighted by atomic mass is 10.2. The molecule has 1 atom stereocenters. The Morgan fingerprint density at radius 1 is 1.33 bits per heavy atom. The second-order valence-electron chi connectivity index (χ2n) is 6.10. The Morgan fingerprint density at radius 2 is 2.15 bits per heavy atom. The third-order valence-corrected chi connectivity index (χ3v) is 6.23. The summed E-state index contributed by atoms with van der Waals surface area (Å²) in [7, 11) is -4.06. The predicted octanol–water partition coefficient (Wildman–Crippen LogP) is 0.618. The van der Waals surface area contributed by atoms with E-state index in [9.17, 15) is 17.6 Å². The number of halogens is 1. The summed E-state index contributed by atoms with van der Waals surface area (Å²) in [4.78, 5) is 11.8. The summed E-state index contributed by atoms with van der Waals surface area (Å²) in [6.45, 7) is 1.23. The van der Waals surface area contributed by atoms with E-state index in [1.807, 2.05) is 0 Å². The van der Waals surface area contributed by atoms with Crippen LogP contribution in [0, 0.1) is 5.82 Å². The summed E-state index contributed by atoms with van der Waals surface area (Å²) in [5.41, 5.74) is 0. The second kappa shape index (κ2) is 8.59. The fraction of sp³-hybridized carbons (Fsp3) is 0.412. The summed E-state index contributed by atoms with van der Waals surface area (Å²) in [5, 5.41) is 6.78. The van der Waals surface area contributed by atoms with E-state index in [-0.39, 0.29) is 32.1 Å². The number of rotatable bonds is 7. The lowest BCUT2D eigenvalue weighted by Crippen LogP contribution is -2.50. The number of sulfonamides is 1. The molecule has 0 unspecified atom stereocenters. The van der Waals surface area contributed by atoms with Gasteiger partial charge in [-0.2, -0.15) is 9.40 Å². The number of benzene rings is 1. The molecule has 8 nitrogen and oxygen atoms in total. The number of nitrogens with zero attached hydrogens (tertiary/aromatic N) is 3. The van der Waals surface area contributed by atoms with Gasteiger partial charge in [0.15, 0.2) is 0 Å². The number of hydrogen-bond donors (Lipinski definition) is 1. The van der Waals surface area contributed by atoms with Crippen LogP contribution in [0.4, 0.5) is 4.39 Å². The lowest BCUT2D eigenvalue weighted by Gasteiger charge is -2.34. The first-order chi connectivity index (χ1) is 13.0. The first-order valence-electron chi connectivity index (χ1n) is 8.57. The van der Waals surface area contributed by atoms with Gasteiger partial charge in [-0.15, -0.1) is 0 Å². The molecular formula is C17H21FN4O4S. The van der Waals surface area contributed by atoms with Crippen molar-refractivity contribution in [1.82, 2.24) is 19.4 Å². The Bertz CT molecular complexity index is 873. The highest BCUT2D eigenvalue weighted by atomic mass is 32.2. The maximum absolute atomic E-state index is 14.0. The minimum Gasteiger partial charge on any atom is -0.378 e. The molecule has 27 heavy (non-hydrogen) atoms. The molecule has 0 saturated carbocycles. The third kappa shape index (κ3) is 4.71. The number of nitrogens with one attached hydrogen (secondary N) is 1. The Balaban J connectivity index is 1.64. The molecular weight excluding hydrogens is 375 g/mol. The van der Waals surface area contributed by atoms with Crippen LogP contribution in [0.15, 0.2) is 47.6 Å². The van der Waals surface area contributed by atoms with Crippen molar-refractivity contribution in [2.24, 2.45) is 0 Å². The number of carbonyl (C=O) groups is 1. The van der Waals surface area contributed by atoms with Gasteiger partial charge < -0.3 is 10.1 Å². The summed E-state index contributed by atoms with van der Waals surface area (Å²) in [5.74, 6) is -1.11. The van der Waals surface area contributed by atoms with Gasteiger partial charge in [0.2, 0.25) is 15.9 Å². The second-order valence-corrected chi connectivity index (χ2v) is 7.96. The standard InChI is InChI=1S/C17H21FN4O4S/c18-15-4-1-2-5-16(15)27(24,25)22-10-11-26-13-14(22)12-17(23)19-7-9-21-8-3-6-20-21/h1-6,8,14H,7,9-13H2,(H,19,23)/t14-/m0/s1. The van der Waals surface area contributed by atoms with E-state index < -0.39 is 26.8 Å². The van der Waals surface area contributed by atoms with Gasteiger partial charge in [-0.05, 0) is 18.2 Å². The molecule has 1 amide bonds. The van der Waals surface area contributed by atoms with Crippen LogP contribution >= 0.6 is 0 Å². The molecule has 1 saturated heterocycles. The summed E-state index contributed by atoms with van der Waals surface area (Å²) >= 11 is 0. The van der Waals surface area contributed by atoms with E-state index in [1.165, 1.54) is 18.2 Å². The van der Waals surface area contributed by atoms with Gasteiger partial charge in [0.05, 0.1) is 25.8 Å². The molecule has 1 fully saturated rings. The van der Waals surface area contributed by atoms with Crippen LogP contribution in [0.1, 0.15) is 6.42 Å². The summed E-state index contributed by atoms with van der Waals surface area (Å²) in [6.07, 6.45) is 3.36. The van der Waals surface area contributed by atoms with Gasteiger partial charge in [-0.3, -0.25) is 9.48 Å². The van der Waals surface area contributed by atoms with Gasteiger partial charge in [-0.1, -0.05) is 12.1 Å². The van der Waals surface area contributed by atoms with Gasteiger partial charge in [0.25, 0.3) is 0 Å². The monoisotopic (exact) mass is 396 g/mol. The van der Waals surface area contributed by atoms with Gasteiger partial charge in [0.1, 0.15) is 10.7 Å². The fourth-order valence-corrected chi connectivity index (χ4v) is 4.59. The van der Waals surface area contributed by atoms with Crippen molar-refractivity contribution >= 4 is 15.9 Å². The summed E-state index contributed by atoms with van der Waals surface area (Å²) < 4.78 is 47.9. The van der Waals surface area contributed by atoms with E-state index >= 15 is 0 Å². The molecule has 1 N–H and O–H groups in total. The average Bonchev–Trinajstić information content (AvgIpc) is 3.16. The number of aromatic nitrogens is 2. The minimum atomic E-state index is -4.06. The van der Waals surface area contributed by atoms with Crippen LogP contribution in [-0.2, 0) is 26.1 Å². The Hall–Kier alpha value is -2.30. The smallest absolute Gasteiger partial charge is 0.246 e. The van der Waals surface area contributed by atoms with Crippen molar-refractivity contribution in [1.29, 1.82) is 0 Å². The largest absolute Gasteiger partial charge is 0.378 e. The molecule has 1 aliphatic heterocycles. The number of carbonyl (C=O) groups excluding carboxylic acids is 1. The normalized spacial score (nSPS) is 18.3. The fourth-order valence-electron chi connectivity index (χ4n) is 2.93. The molecule has 1 aromatic heterocycles. The Morgan fingerprint density at radius 3 is 2.89 bits per heavy atom. The number of hydrogen-bond acceptors (Lipinski definition) is 5. The predicted molar refractivity (Wildman–Crippen MR) is 94.8 cm³/mol. The van der Waals surface area contributed by atoms with Gasteiger partial charge >= 0.3 is 0 Å². The zero-order chi connectivity index (χ0) is 19.3. The highest BCUT2D eigenvalue weighted by molar-refractivity contribution is 7.89. The molecule has 2 aromatic rings. The average molecular weight is 396 g/mol. The van der Waals surface area contributed by atoms with E-state index in [4.69, 9.17) is 4.74 Å². The number of ether oxygens (including phenoxy) is 1. The molecule has 0 radical (unpaired) electrons. The van der Waals surface area contributed by atoms with E-state index in [2.05, 4.69) is 10.4 Å². The zero-order valence-electron chi connectivity index (χ0n) is 14.6. The molecule has 1 aliphatic rings. The van der Waals surface area contributed by atoms with Crippen LogP contribution in [-0.4, -0.2) is 60.8 Å². The Kier molecular flexibility index (Phi) is 6.19. The van der Waals surface area contributed by atoms with E-state index in [0.717, 1.165) is 10.4 Å². The zero-order valence-corrected chi connectivity index (χ0v) is 15.4. The highest BCUT2D eigenvalue weighted by Gasteiger charge is 2.36. The van der Waals surface area contributed by atoms with E-state index in [0.29, 0.717) is 13.1 Å². The lowest BCUT2D eigenvalue weighted by molar-refractivity contribution is -0.123. The quantitative estimate of drug-likeness (QED) is 0.741. The maximum Gasteiger partial charge on any atom is 0.246 e. The summed E-state index contributed by atoms with van der Waals surface area (Å²) in [6, 6.07) is 6.32. The van der Waals surface area contributed by atoms with Crippen molar-refractivity contribution in [2.45, 2.75) is 23.9 Å². The highest BCUT2D eigenvalue weighted by Crippen LogP contribution is 2.24. The molecule has 0 bridgehead atoms. The number of amides is 1. The first kappa shape index (κ1) is 19.5. The molecule has 146 valence electrons. The molecule has 2 heterocycles. The van der Waals surface area contributed by atoms with E-state index in [1.54, 1.807) is 23.1 Å². The number of morpholine rings is 1. The van der Waals surface area contributed by atoms with Crippen molar-refractivity contribution in [2.75, 3.05) is 26.3 Å². The maximum atomic E-state index is 14.0. The van der Waals surface area contributed by atoms with Crippen molar-refractivity contribution in [3.05, 3.63) is 48.5 Å². The van der Waals surface area contributed by atoms with Gasteiger partial charge in [-0.25, -0.2) is 12.8 Å².